The topological polar surface area (TPSA) is 69.7 Å². The van der Waals surface area contributed by atoms with Crippen LogP contribution in [-0.4, -0.2) is 41.0 Å². The first-order valence-corrected chi connectivity index (χ1v) is 11.5. The van der Waals surface area contributed by atoms with E-state index in [-0.39, 0.29) is 5.97 Å². The van der Waals surface area contributed by atoms with E-state index in [1.165, 1.54) is 11.8 Å². The number of esters is 1. The molecule has 0 saturated heterocycles. The van der Waals surface area contributed by atoms with Crippen LogP contribution in [0.2, 0.25) is 0 Å². The molecular weight excluding hydrogens is 388 g/mol. The number of carbonyl (C=O) groups is 1. The molecule has 0 amide bonds. The molecule has 0 bridgehead atoms. The molecule has 0 fully saturated rings. The van der Waals surface area contributed by atoms with Gasteiger partial charge in [-0.15, -0.1) is 0 Å². The van der Waals surface area contributed by atoms with Crippen LogP contribution in [0.25, 0.3) is 0 Å². The molecule has 0 radical (unpaired) electrons. The normalized spacial score (nSPS) is 11.2. The zero-order chi connectivity index (χ0) is 22.0. The standard InChI is InChI=1S/C13H18O3.C10H14O2S/c1-10(2)11-4-6-12(7-5-11)13(14)16-9-8-15-3;1-8(2)9-4-6-10(7-5-9)13(3,11)12/h4-7,10H,8-9H2,1-3H3;4-8H,1-3H3. The van der Waals surface area contributed by atoms with Gasteiger partial charge in [-0.1, -0.05) is 52.0 Å². The van der Waals surface area contributed by atoms with E-state index in [0.29, 0.717) is 35.5 Å². The van der Waals surface area contributed by atoms with Crippen molar-refractivity contribution in [3.63, 3.8) is 0 Å². The van der Waals surface area contributed by atoms with Crippen molar-refractivity contribution in [2.75, 3.05) is 26.6 Å². The summed E-state index contributed by atoms with van der Waals surface area (Å²) in [6, 6.07) is 14.5. The predicted molar refractivity (Wildman–Crippen MR) is 116 cm³/mol. The largest absolute Gasteiger partial charge is 0.460 e. The minimum Gasteiger partial charge on any atom is -0.460 e. The van der Waals surface area contributed by atoms with E-state index in [1.807, 2.05) is 24.3 Å². The summed E-state index contributed by atoms with van der Waals surface area (Å²) in [6.45, 7) is 9.11. The summed E-state index contributed by atoms with van der Waals surface area (Å²) in [5, 5.41) is 0. The first-order valence-electron chi connectivity index (χ1n) is 9.62. The summed E-state index contributed by atoms with van der Waals surface area (Å²) in [5.41, 5.74) is 2.96. The minimum absolute atomic E-state index is 0.293. The van der Waals surface area contributed by atoms with Gasteiger partial charge in [-0.05, 0) is 47.2 Å². The highest BCUT2D eigenvalue weighted by molar-refractivity contribution is 7.90. The van der Waals surface area contributed by atoms with Gasteiger partial charge in [0.15, 0.2) is 9.84 Å². The number of carbonyl (C=O) groups excluding carboxylic acids is 1. The van der Waals surface area contributed by atoms with Crippen LogP contribution in [0, 0.1) is 0 Å². The van der Waals surface area contributed by atoms with E-state index in [4.69, 9.17) is 9.47 Å². The number of rotatable bonds is 7. The van der Waals surface area contributed by atoms with Gasteiger partial charge >= 0.3 is 5.97 Å². The first-order chi connectivity index (χ1) is 13.6. The van der Waals surface area contributed by atoms with Crippen LogP contribution < -0.4 is 0 Å². The van der Waals surface area contributed by atoms with Crippen LogP contribution >= 0.6 is 0 Å². The van der Waals surface area contributed by atoms with Gasteiger partial charge in [0.1, 0.15) is 6.61 Å². The fraction of sp³-hybridized carbons (Fsp3) is 0.435. The third kappa shape index (κ3) is 8.79. The Bertz CT molecular complexity index is 851. The van der Waals surface area contributed by atoms with Crippen molar-refractivity contribution in [1.29, 1.82) is 0 Å². The average molecular weight is 421 g/mol. The predicted octanol–water partition coefficient (Wildman–Crippen LogP) is 4.83. The number of benzene rings is 2. The Balaban J connectivity index is 0.000000296. The van der Waals surface area contributed by atoms with E-state index in [1.54, 1.807) is 31.4 Å². The Morgan fingerprint density at radius 3 is 1.66 bits per heavy atom. The lowest BCUT2D eigenvalue weighted by atomic mass is 10.0. The Kier molecular flexibility index (Phi) is 10.1. The Morgan fingerprint density at radius 1 is 0.828 bits per heavy atom. The van der Waals surface area contributed by atoms with E-state index in [0.717, 1.165) is 5.56 Å². The Labute approximate surface area is 175 Å². The molecule has 0 aliphatic carbocycles. The molecule has 160 valence electrons. The van der Waals surface area contributed by atoms with E-state index >= 15 is 0 Å². The highest BCUT2D eigenvalue weighted by atomic mass is 32.2. The van der Waals surface area contributed by atoms with Gasteiger partial charge in [-0.25, -0.2) is 13.2 Å². The van der Waals surface area contributed by atoms with Crippen molar-refractivity contribution in [3.05, 3.63) is 65.2 Å². The molecule has 29 heavy (non-hydrogen) atoms. The van der Waals surface area contributed by atoms with Crippen LogP contribution in [0.3, 0.4) is 0 Å². The van der Waals surface area contributed by atoms with Gasteiger partial charge in [0, 0.05) is 13.4 Å². The summed E-state index contributed by atoms with van der Waals surface area (Å²) >= 11 is 0. The van der Waals surface area contributed by atoms with Crippen LogP contribution in [0.5, 0.6) is 0 Å². The average Bonchev–Trinajstić information content (AvgIpc) is 2.68. The monoisotopic (exact) mass is 420 g/mol. The van der Waals surface area contributed by atoms with Gasteiger partial charge < -0.3 is 9.47 Å². The highest BCUT2D eigenvalue weighted by Gasteiger charge is 2.08. The van der Waals surface area contributed by atoms with Crippen molar-refractivity contribution in [1.82, 2.24) is 0 Å². The Hall–Kier alpha value is -2.18. The lowest BCUT2D eigenvalue weighted by Crippen LogP contribution is -2.09. The van der Waals surface area contributed by atoms with Gasteiger partial charge in [0.25, 0.3) is 0 Å². The number of methoxy groups -OCH3 is 1. The summed E-state index contributed by atoms with van der Waals surface area (Å²) < 4.78 is 32.0. The molecule has 0 saturated carbocycles. The smallest absolute Gasteiger partial charge is 0.338 e. The zero-order valence-electron chi connectivity index (χ0n) is 18.1. The summed E-state index contributed by atoms with van der Waals surface area (Å²) in [7, 11) is -1.47. The van der Waals surface area contributed by atoms with Gasteiger partial charge in [-0.2, -0.15) is 0 Å². The number of hydrogen-bond acceptors (Lipinski definition) is 5. The van der Waals surface area contributed by atoms with Gasteiger partial charge in [0.2, 0.25) is 0 Å². The maximum atomic E-state index is 11.5. The molecule has 0 aliphatic rings. The lowest BCUT2D eigenvalue weighted by Gasteiger charge is -2.07. The maximum absolute atomic E-state index is 11.5. The molecule has 0 aliphatic heterocycles. The number of sulfone groups is 1. The molecule has 0 unspecified atom stereocenters. The molecule has 2 aromatic rings. The van der Waals surface area contributed by atoms with Crippen molar-refractivity contribution in [2.45, 2.75) is 44.4 Å². The molecule has 0 heterocycles. The molecule has 2 aromatic carbocycles. The van der Waals surface area contributed by atoms with E-state index in [9.17, 15) is 13.2 Å². The van der Waals surface area contributed by atoms with Crippen LogP contribution in [0.15, 0.2) is 53.4 Å². The van der Waals surface area contributed by atoms with Crippen molar-refractivity contribution in [2.24, 2.45) is 0 Å². The van der Waals surface area contributed by atoms with Crippen molar-refractivity contribution >= 4 is 15.8 Å². The number of ether oxygens (including phenoxy) is 2. The molecule has 2 rings (SSSR count). The van der Waals surface area contributed by atoms with Crippen molar-refractivity contribution in [3.8, 4) is 0 Å². The van der Waals surface area contributed by atoms with Crippen LogP contribution in [0.1, 0.15) is 61.0 Å². The molecule has 0 spiro atoms. The maximum Gasteiger partial charge on any atom is 0.338 e. The second-order valence-electron chi connectivity index (χ2n) is 7.40. The first kappa shape index (κ1) is 24.9. The molecule has 6 heteroatoms. The van der Waals surface area contributed by atoms with E-state index < -0.39 is 9.84 Å². The molecule has 5 nitrogen and oxygen atoms in total. The van der Waals surface area contributed by atoms with Crippen molar-refractivity contribution < 1.29 is 22.7 Å². The second-order valence-corrected chi connectivity index (χ2v) is 9.42. The minimum atomic E-state index is -3.05. The van der Waals surface area contributed by atoms with Gasteiger partial charge in [0.05, 0.1) is 17.1 Å². The highest BCUT2D eigenvalue weighted by Crippen LogP contribution is 2.17. The zero-order valence-corrected chi connectivity index (χ0v) is 19.0. The summed E-state index contributed by atoms with van der Waals surface area (Å²) in [6.07, 6.45) is 1.22. The SMILES string of the molecule is CC(C)c1ccc(S(C)(=O)=O)cc1.COCCOC(=O)c1ccc(C(C)C)cc1. The molecular formula is C23H32O5S. The van der Waals surface area contributed by atoms with Crippen LogP contribution in [-0.2, 0) is 19.3 Å². The van der Waals surface area contributed by atoms with Crippen LogP contribution in [0.4, 0.5) is 0 Å². The molecule has 0 aromatic heterocycles. The summed E-state index contributed by atoms with van der Waals surface area (Å²) in [4.78, 5) is 11.9. The molecule has 0 atom stereocenters. The number of hydrogen-bond donors (Lipinski definition) is 0. The summed E-state index contributed by atoms with van der Waals surface area (Å²) in [5.74, 6) is 0.611. The Morgan fingerprint density at radius 2 is 1.28 bits per heavy atom. The third-order valence-corrected chi connectivity index (χ3v) is 5.44. The van der Waals surface area contributed by atoms with Gasteiger partial charge in [-0.3, -0.25) is 0 Å². The quantitative estimate of drug-likeness (QED) is 0.474. The van der Waals surface area contributed by atoms with E-state index in [2.05, 4.69) is 27.7 Å². The second kappa shape index (κ2) is 11.7. The fourth-order valence-corrected chi connectivity index (χ4v) is 3.04. The fourth-order valence-electron chi connectivity index (χ4n) is 2.41. The third-order valence-electron chi connectivity index (χ3n) is 4.31. The lowest BCUT2D eigenvalue weighted by molar-refractivity contribution is 0.0388. The molecule has 0 N–H and O–H groups in total.